The molecule has 17 heavy (non-hydrogen) atoms. The summed E-state index contributed by atoms with van der Waals surface area (Å²) in [5.41, 5.74) is -4.31. The molecule has 0 spiro atoms. The minimum absolute atomic E-state index is 0.231. The van der Waals surface area contributed by atoms with Crippen LogP contribution in [0.2, 0.25) is 0 Å². The van der Waals surface area contributed by atoms with Crippen molar-refractivity contribution in [2.75, 3.05) is 0 Å². The van der Waals surface area contributed by atoms with E-state index in [4.69, 9.17) is 16.9 Å². The van der Waals surface area contributed by atoms with Crippen molar-refractivity contribution in [2.24, 2.45) is 0 Å². The Labute approximate surface area is 97.6 Å². The Balaban J connectivity index is 3.64. The molecule has 1 aromatic heterocycles. The van der Waals surface area contributed by atoms with Crippen LogP contribution in [-0.4, -0.2) is 4.98 Å². The van der Waals surface area contributed by atoms with Crippen molar-refractivity contribution in [1.29, 1.82) is 5.26 Å². The smallest absolute Gasteiger partial charge is 0.254 e. The summed E-state index contributed by atoms with van der Waals surface area (Å²) in [7, 11) is 0. The minimum Gasteiger partial charge on any atom is -0.254 e. The van der Waals surface area contributed by atoms with Gasteiger partial charge < -0.3 is 0 Å². The van der Waals surface area contributed by atoms with Gasteiger partial charge in [-0.2, -0.15) is 18.4 Å². The van der Waals surface area contributed by atoms with E-state index in [1.807, 2.05) is 0 Å². The second-order valence-corrected chi connectivity index (χ2v) is 3.23. The summed E-state index contributed by atoms with van der Waals surface area (Å²) >= 11 is 5.32. The molecule has 92 valence electrons. The Morgan fingerprint density at radius 2 is 2.00 bits per heavy atom. The third-order valence-electron chi connectivity index (χ3n) is 1.93. The maximum atomic E-state index is 12.6. The molecular formula is C9H4ClF5N2. The average molecular weight is 271 g/mol. The molecule has 0 atom stereocenters. The van der Waals surface area contributed by atoms with Crippen molar-refractivity contribution >= 4 is 11.6 Å². The molecule has 1 rings (SSSR count). The van der Waals surface area contributed by atoms with E-state index < -0.39 is 35.3 Å². The van der Waals surface area contributed by atoms with Crippen molar-refractivity contribution in [3.05, 3.63) is 28.6 Å². The van der Waals surface area contributed by atoms with E-state index in [0.717, 1.165) is 6.20 Å². The molecule has 0 aliphatic heterocycles. The Morgan fingerprint density at radius 1 is 1.41 bits per heavy atom. The monoisotopic (exact) mass is 270 g/mol. The number of nitriles is 1. The van der Waals surface area contributed by atoms with Gasteiger partial charge in [0.05, 0.1) is 11.4 Å². The minimum atomic E-state index is -5.08. The number of alkyl halides is 6. The molecule has 0 fully saturated rings. The van der Waals surface area contributed by atoms with E-state index in [1.165, 1.54) is 6.07 Å². The number of aromatic nitrogens is 1. The first kappa shape index (κ1) is 13.6. The van der Waals surface area contributed by atoms with Crippen LogP contribution < -0.4 is 0 Å². The molecule has 1 heterocycles. The number of hydrogen-bond donors (Lipinski definition) is 0. The standard InChI is InChI=1S/C9H4ClF5N2/c10-1-4-3-17-7(8(11)12)6(5(4)2-16)9(13,14)15/h3,8H,1H2. The molecule has 2 nitrogen and oxygen atoms in total. The normalized spacial score (nSPS) is 11.6. The first-order valence-corrected chi connectivity index (χ1v) is 4.69. The van der Waals surface area contributed by atoms with Crippen LogP contribution in [0.25, 0.3) is 0 Å². The summed E-state index contributed by atoms with van der Waals surface area (Å²) in [5, 5.41) is 8.62. The van der Waals surface area contributed by atoms with Gasteiger partial charge in [0, 0.05) is 11.8 Å². The van der Waals surface area contributed by atoms with Crippen LogP contribution in [0.5, 0.6) is 0 Å². The van der Waals surface area contributed by atoms with E-state index in [1.54, 1.807) is 0 Å². The van der Waals surface area contributed by atoms with Gasteiger partial charge in [0.25, 0.3) is 6.43 Å². The molecule has 0 aromatic carbocycles. The molecule has 0 saturated carbocycles. The Hall–Kier alpha value is -1.42. The van der Waals surface area contributed by atoms with E-state index in [2.05, 4.69) is 4.98 Å². The number of pyridine rings is 1. The zero-order valence-electron chi connectivity index (χ0n) is 8.02. The molecule has 0 bridgehead atoms. The first-order valence-electron chi connectivity index (χ1n) is 4.16. The van der Waals surface area contributed by atoms with Crippen LogP contribution in [0.1, 0.15) is 28.8 Å². The fourth-order valence-corrected chi connectivity index (χ4v) is 1.45. The van der Waals surface area contributed by atoms with Crippen LogP contribution in [0, 0.1) is 11.3 Å². The Kier molecular flexibility index (Phi) is 3.88. The summed E-state index contributed by atoms with van der Waals surface area (Å²) in [6.07, 6.45) is -7.74. The molecule has 8 heteroatoms. The maximum Gasteiger partial charge on any atom is 0.419 e. The van der Waals surface area contributed by atoms with E-state index in [9.17, 15) is 22.0 Å². The lowest BCUT2D eigenvalue weighted by Gasteiger charge is -2.14. The lowest BCUT2D eigenvalue weighted by Crippen LogP contribution is -2.15. The fraction of sp³-hybridized carbons (Fsp3) is 0.333. The molecule has 0 N–H and O–H groups in total. The second-order valence-electron chi connectivity index (χ2n) is 2.96. The quantitative estimate of drug-likeness (QED) is 0.607. The highest BCUT2D eigenvalue weighted by atomic mass is 35.5. The van der Waals surface area contributed by atoms with Crippen molar-refractivity contribution in [3.63, 3.8) is 0 Å². The highest BCUT2D eigenvalue weighted by Crippen LogP contribution is 2.38. The van der Waals surface area contributed by atoms with Crippen molar-refractivity contribution in [3.8, 4) is 6.07 Å². The molecule has 0 radical (unpaired) electrons. The Bertz CT molecular complexity index is 464. The van der Waals surface area contributed by atoms with E-state index >= 15 is 0 Å². The van der Waals surface area contributed by atoms with Gasteiger partial charge in [0.1, 0.15) is 17.3 Å². The average Bonchev–Trinajstić information content (AvgIpc) is 2.25. The van der Waals surface area contributed by atoms with Gasteiger partial charge in [-0.1, -0.05) is 0 Å². The van der Waals surface area contributed by atoms with Gasteiger partial charge >= 0.3 is 6.18 Å². The lowest BCUT2D eigenvalue weighted by molar-refractivity contribution is -0.140. The third kappa shape index (κ3) is 2.64. The van der Waals surface area contributed by atoms with E-state index in [0.29, 0.717) is 0 Å². The van der Waals surface area contributed by atoms with Crippen LogP contribution in [0.4, 0.5) is 22.0 Å². The fourth-order valence-electron chi connectivity index (χ4n) is 1.25. The summed E-state index contributed by atoms with van der Waals surface area (Å²) in [6, 6.07) is 1.24. The SMILES string of the molecule is N#Cc1c(CCl)cnc(C(F)F)c1C(F)(F)F. The summed E-state index contributed by atoms with van der Waals surface area (Å²) < 4.78 is 62.6. The molecule has 0 amide bonds. The molecule has 0 unspecified atom stereocenters. The van der Waals surface area contributed by atoms with Gasteiger partial charge in [-0.15, -0.1) is 11.6 Å². The Morgan fingerprint density at radius 3 is 2.35 bits per heavy atom. The van der Waals surface area contributed by atoms with Gasteiger partial charge in [-0.25, -0.2) is 8.78 Å². The van der Waals surface area contributed by atoms with E-state index in [-0.39, 0.29) is 5.56 Å². The van der Waals surface area contributed by atoms with Gasteiger partial charge in [-0.3, -0.25) is 4.98 Å². The first-order chi connectivity index (χ1) is 7.82. The summed E-state index contributed by atoms with van der Waals surface area (Å²) in [6.45, 7) is 0. The third-order valence-corrected chi connectivity index (χ3v) is 2.22. The summed E-state index contributed by atoms with van der Waals surface area (Å²) in [5.74, 6) is -0.414. The highest BCUT2D eigenvalue weighted by Gasteiger charge is 2.40. The second kappa shape index (κ2) is 4.84. The highest BCUT2D eigenvalue weighted by molar-refractivity contribution is 6.17. The van der Waals surface area contributed by atoms with Crippen molar-refractivity contribution < 1.29 is 22.0 Å². The van der Waals surface area contributed by atoms with Gasteiger partial charge in [0.2, 0.25) is 0 Å². The number of hydrogen-bond acceptors (Lipinski definition) is 2. The van der Waals surface area contributed by atoms with Crippen molar-refractivity contribution in [1.82, 2.24) is 4.98 Å². The molecule has 0 saturated heterocycles. The molecule has 1 aromatic rings. The van der Waals surface area contributed by atoms with Crippen LogP contribution in [0.3, 0.4) is 0 Å². The van der Waals surface area contributed by atoms with Gasteiger partial charge in [0.15, 0.2) is 0 Å². The number of rotatable bonds is 2. The predicted octanol–water partition coefficient (Wildman–Crippen LogP) is 3.65. The lowest BCUT2D eigenvalue weighted by atomic mass is 10.0. The largest absolute Gasteiger partial charge is 0.419 e. The van der Waals surface area contributed by atoms with Crippen LogP contribution in [-0.2, 0) is 12.1 Å². The number of nitrogens with zero attached hydrogens (tertiary/aromatic N) is 2. The molecular weight excluding hydrogens is 267 g/mol. The predicted molar refractivity (Wildman–Crippen MR) is 48.5 cm³/mol. The topological polar surface area (TPSA) is 36.7 Å². The molecule has 0 aliphatic rings. The summed E-state index contributed by atoms with van der Waals surface area (Å²) in [4.78, 5) is 3.02. The zero-order chi connectivity index (χ0) is 13.2. The molecule has 0 aliphatic carbocycles. The van der Waals surface area contributed by atoms with Gasteiger partial charge in [-0.05, 0) is 0 Å². The number of halogens is 6. The van der Waals surface area contributed by atoms with Crippen LogP contribution in [0.15, 0.2) is 6.20 Å². The maximum absolute atomic E-state index is 12.6. The van der Waals surface area contributed by atoms with Crippen LogP contribution >= 0.6 is 11.6 Å². The zero-order valence-corrected chi connectivity index (χ0v) is 8.78. The van der Waals surface area contributed by atoms with Crippen molar-refractivity contribution in [2.45, 2.75) is 18.5 Å².